The van der Waals surface area contributed by atoms with Crippen LogP contribution in [0.4, 0.5) is 0 Å². The number of hydrogen-bond donors (Lipinski definition) is 0. The number of pyridine rings is 2. The molecular weight excluding hydrogens is 386 g/mol. The zero-order valence-electron chi connectivity index (χ0n) is 16.3. The van der Waals surface area contributed by atoms with Crippen LogP contribution in [0.1, 0.15) is 30.0 Å². The summed E-state index contributed by atoms with van der Waals surface area (Å²) in [7, 11) is -3.40. The van der Waals surface area contributed by atoms with Crippen molar-refractivity contribution < 1.29 is 8.42 Å². The maximum atomic E-state index is 12.3. The van der Waals surface area contributed by atoms with Crippen molar-refractivity contribution in [3.8, 4) is 11.4 Å². The first-order chi connectivity index (χ1) is 14.0. The average molecular weight is 410 g/mol. The van der Waals surface area contributed by atoms with E-state index < -0.39 is 9.84 Å². The highest BCUT2D eigenvalue weighted by Gasteiger charge is 2.27. The molecule has 0 N–H and O–H groups in total. The van der Waals surface area contributed by atoms with E-state index in [4.69, 9.17) is 4.98 Å². The topological polar surface area (TPSA) is 88.9 Å². The Morgan fingerprint density at radius 2 is 1.79 bits per heavy atom. The molecule has 0 spiro atoms. The van der Waals surface area contributed by atoms with E-state index in [1.807, 2.05) is 24.4 Å². The van der Waals surface area contributed by atoms with Crippen molar-refractivity contribution in [3.63, 3.8) is 0 Å². The Morgan fingerprint density at radius 1 is 1.03 bits per heavy atom. The van der Waals surface area contributed by atoms with Gasteiger partial charge in [0.05, 0.1) is 5.69 Å². The normalized spacial score (nSPS) is 16.0. The van der Waals surface area contributed by atoms with Crippen LogP contribution < -0.4 is 0 Å². The van der Waals surface area contributed by atoms with Crippen molar-refractivity contribution in [2.24, 2.45) is 0 Å². The van der Waals surface area contributed by atoms with E-state index >= 15 is 0 Å². The second-order valence-corrected chi connectivity index (χ2v) is 9.35. The van der Waals surface area contributed by atoms with Gasteiger partial charge < -0.3 is 0 Å². The zero-order valence-corrected chi connectivity index (χ0v) is 17.1. The van der Waals surface area contributed by atoms with E-state index in [9.17, 15) is 8.42 Å². The van der Waals surface area contributed by atoms with E-state index in [-0.39, 0.29) is 10.8 Å². The molecule has 1 fully saturated rings. The van der Waals surface area contributed by atoms with Gasteiger partial charge in [0.1, 0.15) is 4.90 Å². The Hall–Kier alpha value is -2.71. The molecule has 0 atom stereocenters. The van der Waals surface area contributed by atoms with Gasteiger partial charge in [0.25, 0.3) is 0 Å². The molecule has 1 saturated heterocycles. The van der Waals surface area contributed by atoms with Crippen LogP contribution in [0.3, 0.4) is 0 Å². The van der Waals surface area contributed by atoms with Crippen LogP contribution in [0.2, 0.25) is 0 Å². The molecule has 0 aliphatic carbocycles. The summed E-state index contributed by atoms with van der Waals surface area (Å²) in [4.78, 5) is 19.8. The van der Waals surface area contributed by atoms with E-state index in [1.165, 1.54) is 18.0 Å². The minimum absolute atomic E-state index is 0.0912. The monoisotopic (exact) mass is 409 g/mol. The van der Waals surface area contributed by atoms with Crippen LogP contribution in [-0.4, -0.2) is 52.6 Å². The number of rotatable bonds is 5. The summed E-state index contributed by atoms with van der Waals surface area (Å²) in [6, 6.07) is 7.68. The zero-order chi connectivity index (χ0) is 20.3. The third kappa shape index (κ3) is 4.65. The fourth-order valence-corrected chi connectivity index (χ4v) is 4.55. The summed E-state index contributed by atoms with van der Waals surface area (Å²) in [6.07, 6.45) is 11.4. The molecule has 0 unspecified atom stereocenters. The number of likely N-dealkylation sites (tertiary alicyclic amines) is 1. The number of nitrogens with zero attached hydrogens (tertiary/aromatic N) is 5. The summed E-state index contributed by atoms with van der Waals surface area (Å²) in [5.41, 5.74) is 2.65. The van der Waals surface area contributed by atoms with E-state index in [0.717, 1.165) is 38.0 Å². The van der Waals surface area contributed by atoms with Crippen LogP contribution in [0.5, 0.6) is 0 Å². The predicted molar refractivity (Wildman–Crippen MR) is 110 cm³/mol. The Bertz CT molecular complexity index is 1070. The molecular formula is C21H23N5O2S. The number of piperidine rings is 1. The predicted octanol–water partition coefficient (Wildman–Crippen LogP) is 2.72. The highest BCUT2D eigenvalue weighted by molar-refractivity contribution is 7.90. The van der Waals surface area contributed by atoms with Crippen LogP contribution in [0.25, 0.3) is 11.4 Å². The summed E-state index contributed by atoms with van der Waals surface area (Å²) in [5.74, 6) is 0.626. The molecule has 4 rings (SSSR count). The molecule has 0 amide bonds. The fraction of sp³-hybridized carbons (Fsp3) is 0.333. The second kappa shape index (κ2) is 8.34. The molecule has 3 aromatic heterocycles. The number of hydrogen-bond acceptors (Lipinski definition) is 7. The molecule has 7 nitrogen and oxygen atoms in total. The molecule has 150 valence electrons. The summed E-state index contributed by atoms with van der Waals surface area (Å²) in [6.45, 7) is 2.63. The van der Waals surface area contributed by atoms with Gasteiger partial charge in [0, 0.05) is 55.3 Å². The van der Waals surface area contributed by atoms with Gasteiger partial charge in [-0.3, -0.25) is 14.9 Å². The van der Waals surface area contributed by atoms with Gasteiger partial charge in [-0.05, 0) is 49.7 Å². The van der Waals surface area contributed by atoms with Crippen LogP contribution >= 0.6 is 0 Å². The van der Waals surface area contributed by atoms with Gasteiger partial charge in [-0.25, -0.2) is 18.4 Å². The molecule has 0 bridgehead atoms. The van der Waals surface area contributed by atoms with Crippen molar-refractivity contribution in [2.75, 3.05) is 19.3 Å². The van der Waals surface area contributed by atoms with Gasteiger partial charge in [-0.1, -0.05) is 6.07 Å². The van der Waals surface area contributed by atoms with Crippen molar-refractivity contribution in [1.29, 1.82) is 0 Å². The average Bonchev–Trinajstić information content (AvgIpc) is 2.75. The lowest BCUT2D eigenvalue weighted by atomic mass is 9.93. The highest BCUT2D eigenvalue weighted by Crippen LogP contribution is 2.32. The van der Waals surface area contributed by atoms with Gasteiger partial charge in [0.15, 0.2) is 15.7 Å². The molecule has 1 aliphatic rings. The van der Waals surface area contributed by atoms with Crippen molar-refractivity contribution in [2.45, 2.75) is 30.2 Å². The molecule has 29 heavy (non-hydrogen) atoms. The molecule has 8 heteroatoms. The largest absolute Gasteiger partial charge is 0.299 e. The molecule has 0 radical (unpaired) electrons. The van der Waals surface area contributed by atoms with Gasteiger partial charge in [-0.2, -0.15) is 0 Å². The Labute approximate surface area is 170 Å². The lowest BCUT2D eigenvalue weighted by Gasteiger charge is -2.32. The highest BCUT2D eigenvalue weighted by atomic mass is 32.2. The van der Waals surface area contributed by atoms with Gasteiger partial charge >= 0.3 is 0 Å². The first-order valence-corrected chi connectivity index (χ1v) is 11.5. The van der Waals surface area contributed by atoms with E-state index in [0.29, 0.717) is 11.5 Å². The maximum Gasteiger partial charge on any atom is 0.178 e. The SMILES string of the molecule is CS(=O)(=O)c1cnc(-c2ccncc2)nc1C1CCN(Cc2cccnc2)CC1. The van der Waals surface area contributed by atoms with Gasteiger partial charge in [0.2, 0.25) is 0 Å². The Morgan fingerprint density at radius 3 is 2.45 bits per heavy atom. The standard InChI is InChI=1S/C21H23N5O2S/c1-29(27,28)19-14-24-21(18-4-9-22-10-5-18)25-20(19)17-6-11-26(12-7-17)15-16-3-2-8-23-13-16/h2-5,8-10,13-14,17H,6-7,11-12,15H2,1H3. The molecule has 1 aliphatic heterocycles. The lowest BCUT2D eigenvalue weighted by Crippen LogP contribution is -2.33. The molecule has 0 aromatic carbocycles. The third-order valence-corrected chi connectivity index (χ3v) is 6.34. The maximum absolute atomic E-state index is 12.3. The quantitative estimate of drug-likeness (QED) is 0.640. The molecule has 4 heterocycles. The van der Waals surface area contributed by atoms with Crippen molar-refractivity contribution >= 4 is 9.84 Å². The van der Waals surface area contributed by atoms with Crippen molar-refractivity contribution in [1.82, 2.24) is 24.8 Å². The summed E-state index contributed by atoms with van der Waals surface area (Å²) in [5, 5.41) is 0. The van der Waals surface area contributed by atoms with E-state index in [2.05, 4.69) is 25.9 Å². The van der Waals surface area contributed by atoms with Crippen LogP contribution in [-0.2, 0) is 16.4 Å². The summed E-state index contributed by atoms with van der Waals surface area (Å²) >= 11 is 0. The first-order valence-electron chi connectivity index (χ1n) is 9.59. The van der Waals surface area contributed by atoms with Crippen molar-refractivity contribution in [3.05, 3.63) is 66.5 Å². The fourth-order valence-electron chi connectivity index (χ4n) is 3.72. The second-order valence-electron chi connectivity index (χ2n) is 7.36. The lowest BCUT2D eigenvalue weighted by molar-refractivity contribution is 0.202. The third-order valence-electron chi connectivity index (χ3n) is 5.22. The minimum Gasteiger partial charge on any atom is -0.299 e. The summed E-state index contributed by atoms with van der Waals surface area (Å²) < 4.78 is 24.7. The van der Waals surface area contributed by atoms with Crippen LogP contribution in [0, 0.1) is 0 Å². The minimum atomic E-state index is -3.40. The molecule has 0 saturated carbocycles. The Kier molecular flexibility index (Phi) is 5.64. The Balaban J connectivity index is 1.57. The first kappa shape index (κ1) is 19.6. The molecule has 3 aromatic rings. The van der Waals surface area contributed by atoms with Gasteiger partial charge in [-0.15, -0.1) is 0 Å². The van der Waals surface area contributed by atoms with Crippen LogP contribution in [0.15, 0.2) is 60.1 Å². The smallest absolute Gasteiger partial charge is 0.178 e. The number of aromatic nitrogens is 4. The number of sulfone groups is 1. The van der Waals surface area contributed by atoms with E-state index in [1.54, 1.807) is 18.6 Å².